The van der Waals surface area contributed by atoms with Crippen LogP contribution in [0.2, 0.25) is 0 Å². The summed E-state index contributed by atoms with van der Waals surface area (Å²) < 4.78 is 0. The fraction of sp³-hybridized carbons (Fsp3) is 0.200. The van der Waals surface area contributed by atoms with Crippen LogP contribution in [0, 0.1) is 17.2 Å². The first-order chi connectivity index (χ1) is 10.1. The van der Waals surface area contributed by atoms with Crippen molar-refractivity contribution in [2.45, 2.75) is 6.42 Å². The Balaban J connectivity index is 2.11. The molecule has 6 heteroatoms. The van der Waals surface area contributed by atoms with Crippen LogP contribution in [0.15, 0.2) is 30.5 Å². The number of carbonyl (C=O) groups is 2. The van der Waals surface area contributed by atoms with Gasteiger partial charge >= 0.3 is 0 Å². The van der Waals surface area contributed by atoms with Gasteiger partial charge in [-0.3, -0.25) is 14.6 Å². The van der Waals surface area contributed by atoms with Crippen molar-refractivity contribution in [2.75, 3.05) is 11.4 Å². The number of benzene rings is 1. The van der Waals surface area contributed by atoms with Gasteiger partial charge in [0, 0.05) is 24.5 Å². The smallest absolute Gasteiger partial charge is 0.227 e. The molecule has 1 aliphatic rings. The molecule has 3 rings (SSSR count). The van der Waals surface area contributed by atoms with E-state index in [-0.39, 0.29) is 18.9 Å². The van der Waals surface area contributed by atoms with E-state index in [1.165, 1.54) is 4.90 Å². The van der Waals surface area contributed by atoms with Crippen molar-refractivity contribution in [1.29, 1.82) is 5.26 Å². The summed E-state index contributed by atoms with van der Waals surface area (Å²) in [6.45, 7) is 0.217. The zero-order valence-electron chi connectivity index (χ0n) is 11.1. The predicted octanol–water partition coefficient (Wildman–Crippen LogP) is 0.945. The molecule has 1 aromatic carbocycles. The fourth-order valence-corrected chi connectivity index (χ4v) is 2.61. The molecule has 1 unspecified atom stereocenters. The monoisotopic (exact) mass is 280 g/mol. The maximum Gasteiger partial charge on any atom is 0.227 e. The van der Waals surface area contributed by atoms with Gasteiger partial charge in [0.05, 0.1) is 22.7 Å². The number of nitrogens with two attached hydrogens (primary N) is 1. The summed E-state index contributed by atoms with van der Waals surface area (Å²) in [5.74, 6) is -1.20. The molecule has 2 heterocycles. The highest BCUT2D eigenvalue weighted by atomic mass is 16.2. The predicted molar refractivity (Wildman–Crippen MR) is 76.1 cm³/mol. The van der Waals surface area contributed by atoms with Crippen LogP contribution >= 0.6 is 0 Å². The highest BCUT2D eigenvalue weighted by Gasteiger charge is 2.35. The number of hydrogen-bond donors (Lipinski definition) is 1. The summed E-state index contributed by atoms with van der Waals surface area (Å²) in [5.41, 5.74) is 6.85. The number of amides is 2. The van der Waals surface area contributed by atoms with E-state index < -0.39 is 11.8 Å². The molecule has 0 aliphatic carbocycles. The summed E-state index contributed by atoms with van der Waals surface area (Å²) in [7, 11) is 0. The molecule has 0 saturated carbocycles. The lowest BCUT2D eigenvalue weighted by atomic mass is 10.1. The van der Waals surface area contributed by atoms with Crippen LogP contribution in [0.3, 0.4) is 0 Å². The van der Waals surface area contributed by atoms with Crippen LogP contribution in [0.5, 0.6) is 0 Å². The lowest BCUT2D eigenvalue weighted by Gasteiger charge is -2.18. The minimum absolute atomic E-state index is 0.0886. The Kier molecular flexibility index (Phi) is 3.03. The van der Waals surface area contributed by atoms with E-state index in [1.807, 2.05) is 0 Å². The van der Waals surface area contributed by atoms with Gasteiger partial charge < -0.3 is 10.6 Å². The molecule has 0 radical (unpaired) electrons. The normalized spacial score (nSPS) is 18.0. The standard InChI is InChI=1S/C15H12N4O2/c16-7-11-10-2-1-5-18-12(10)3-4-13(11)19-8-9(15(17)21)6-14(19)20/h1-5,9H,6,8H2,(H2,17,21). The van der Waals surface area contributed by atoms with Crippen molar-refractivity contribution in [3.8, 4) is 6.07 Å². The molecule has 2 N–H and O–H groups in total. The van der Waals surface area contributed by atoms with Crippen molar-refractivity contribution < 1.29 is 9.59 Å². The molecule has 21 heavy (non-hydrogen) atoms. The van der Waals surface area contributed by atoms with E-state index in [0.717, 1.165) is 0 Å². The Morgan fingerprint density at radius 2 is 2.24 bits per heavy atom. The number of aromatic nitrogens is 1. The number of pyridine rings is 1. The molecule has 2 aromatic rings. The van der Waals surface area contributed by atoms with Crippen molar-refractivity contribution in [1.82, 2.24) is 4.98 Å². The maximum absolute atomic E-state index is 12.1. The Morgan fingerprint density at radius 3 is 2.90 bits per heavy atom. The number of hydrogen-bond acceptors (Lipinski definition) is 4. The third-order valence-corrected chi connectivity index (χ3v) is 3.69. The molecule has 6 nitrogen and oxygen atoms in total. The SMILES string of the molecule is N#Cc1c(N2CC(C(N)=O)CC2=O)ccc2ncccc12. The average molecular weight is 280 g/mol. The van der Waals surface area contributed by atoms with Gasteiger partial charge in [-0.25, -0.2) is 0 Å². The topological polar surface area (TPSA) is 100 Å². The molecule has 2 amide bonds. The van der Waals surface area contributed by atoms with Crippen molar-refractivity contribution in [3.05, 3.63) is 36.0 Å². The second-order valence-corrected chi connectivity index (χ2v) is 4.95. The molecule has 1 fully saturated rings. The largest absolute Gasteiger partial charge is 0.369 e. The van der Waals surface area contributed by atoms with Crippen molar-refractivity contribution in [2.24, 2.45) is 11.7 Å². The summed E-state index contributed by atoms with van der Waals surface area (Å²) in [6.07, 6.45) is 1.73. The molecule has 1 saturated heterocycles. The second kappa shape index (κ2) is 4.87. The molecular weight excluding hydrogens is 268 g/mol. The molecule has 104 valence electrons. The van der Waals surface area contributed by atoms with Gasteiger partial charge in [-0.05, 0) is 24.3 Å². The van der Waals surface area contributed by atoms with E-state index in [4.69, 9.17) is 5.73 Å². The molecule has 0 bridgehead atoms. The van der Waals surface area contributed by atoms with Gasteiger partial charge in [0.1, 0.15) is 6.07 Å². The lowest BCUT2D eigenvalue weighted by molar-refractivity contribution is -0.123. The highest BCUT2D eigenvalue weighted by molar-refractivity contribution is 6.03. The summed E-state index contributed by atoms with van der Waals surface area (Å²) in [4.78, 5) is 29.0. The maximum atomic E-state index is 12.1. The number of nitriles is 1. The Morgan fingerprint density at radius 1 is 1.43 bits per heavy atom. The van der Waals surface area contributed by atoms with E-state index in [1.54, 1.807) is 30.5 Å². The molecular formula is C15H12N4O2. The van der Waals surface area contributed by atoms with Gasteiger partial charge in [0.2, 0.25) is 11.8 Å². The first-order valence-corrected chi connectivity index (χ1v) is 6.49. The van der Waals surface area contributed by atoms with Crippen LogP contribution in [0.1, 0.15) is 12.0 Å². The van der Waals surface area contributed by atoms with Gasteiger partial charge in [-0.1, -0.05) is 0 Å². The highest BCUT2D eigenvalue weighted by Crippen LogP contribution is 2.31. The first kappa shape index (κ1) is 13.1. The van der Waals surface area contributed by atoms with Gasteiger partial charge in [-0.15, -0.1) is 0 Å². The number of primary amides is 1. The zero-order chi connectivity index (χ0) is 15.0. The van der Waals surface area contributed by atoms with Gasteiger partial charge in [0.25, 0.3) is 0 Å². The Hall–Kier alpha value is -2.94. The lowest BCUT2D eigenvalue weighted by Crippen LogP contribution is -2.28. The number of nitrogens with zero attached hydrogens (tertiary/aromatic N) is 3. The Labute approximate surface area is 120 Å². The van der Waals surface area contributed by atoms with E-state index >= 15 is 0 Å². The first-order valence-electron chi connectivity index (χ1n) is 6.49. The summed E-state index contributed by atoms with van der Waals surface area (Å²) >= 11 is 0. The van der Waals surface area contributed by atoms with Crippen LogP contribution < -0.4 is 10.6 Å². The Bertz CT molecular complexity index is 794. The average Bonchev–Trinajstić information content (AvgIpc) is 2.88. The van der Waals surface area contributed by atoms with Crippen molar-refractivity contribution in [3.63, 3.8) is 0 Å². The number of rotatable bonds is 2. The molecule has 1 atom stereocenters. The number of fused-ring (bicyclic) bond motifs is 1. The quantitative estimate of drug-likeness (QED) is 0.884. The third-order valence-electron chi connectivity index (χ3n) is 3.69. The zero-order valence-corrected chi connectivity index (χ0v) is 11.1. The third kappa shape index (κ3) is 2.09. The van der Waals surface area contributed by atoms with Crippen LogP contribution in [-0.2, 0) is 9.59 Å². The fourth-order valence-electron chi connectivity index (χ4n) is 2.61. The van der Waals surface area contributed by atoms with Crippen LogP contribution in [0.25, 0.3) is 10.9 Å². The van der Waals surface area contributed by atoms with Gasteiger partial charge in [-0.2, -0.15) is 5.26 Å². The summed E-state index contributed by atoms with van der Waals surface area (Å²) in [5, 5.41) is 10.1. The van der Waals surface area contributed by atoms with E-state index in [2.05, 4.69) is 11.1 Å². The summed E-state index contributed by atoms with van der Waals surface area (Å²) in [6, 6.07) is 9.11. The van der Waals surface area contributed by atoms with Gasteiger partial charge in [0.15, 0.2) is 0 Å². The van der Waals surface area contributed by atoms with E-state index in [9.17, 15) is 14.9 Å². The van der Waals surface area contributed by atoms with Crippen molar-refractivity contribution >= 4 is 28.4 Å². The molecule has 1 aromatic heterocycles. The minimum Gasteiger partial charge on any atom is -0.369 e. The van der Waals surface area contributed by atoms with Crippen LogP contribution in [0.4, 0.5) is 5.69 Å². The number of anilines is 1. The van der Waals surface area contributed by atoms with Crippen LogP contribution in [-0.4, -0.2) is 23.3 Å². The minimum atomic E-state index is -0.506. The van der Waals surface area contributed by atoms with E-state index in [0.29, 0.717) is 22.2 Å². The molecule has 0 spiro atoms. The second-order valence-electron chi connectivity index (χ2n) is 4.95. The molecule has 1 aliphatic heterocycles. The number of carbonyl (C=O) groups excluding carboxylic acids is 2.